The standard InChI is InChI=1S/C25H21FN2O2/c1-2-30-24-15-18(12-13-20(24)16-19-8-6-7-11-23(19)26)14-21(17-27)25(29)28-22-9-4-3-5-10-22/h3-15H,2,16H2,1H3,(H,28,29)/b21-14+. The third-order valence-electron chi connectivity index (χ3n) is 4.44. The number of nitriles is 1. The Morgan fingerprint density at radius 1 is 1.07 bits per heavy atom. The van der Waals surface area contributed by atoms with Gasteiger partial charge in [0, 0.05) is 12.1 Å². The summed E-state index contributed by atoms with van der Waals surface area (Å²) in [5.74, 6) is -0.166. The van der Waals surface area contributed by atoms with Gasteiger partial charge in [-0.1, -0.05) is 48.5 Å². The van der Waals surface area contributed by atoms with Crippen molar-refractivity contribution in [2.45, 2.75) is 13.3 Å². The highest BCUT2D eigenvalue weighted by Gasteiger charge is 2.12. The van der Waals surface area contributed by atoms with Gasteiger partial charge in [-0.15, -0.1) is 0 Å². The Kier molecular flexibility index (Phi) is 6.96. The molecule has 3 aromatic rings. The first-order valence-corrected chi connectivity index (χ1v) is 9.58. The molecular weight excluding hydrogens is 379 g/mol. The van der Waals surface area contributed by atoms with Crippen LogP contribution in [-0.4, -0.2) is 12.5 Å². The van der Waals surface area contributed by atoms with Gasteiger partial charge < -0.3 is 10.1 Å². The largest absolute Gasteiger partial charge is 0.494 e. The van der Waals surface area contributed by atoms with Crippen LogP contribution >= 0.6 is 0 Å². The summed E-state index contributed by atoms with van der Waals surface area (Å²) in [4.78, 5) is 12.4. The molecule has 0 aromatic heterocycles. The first kappa shape index (κ1) is 20.8. The lowest BCUT2D eigenvalue weighted by Gasteiger charge is -2.12. The van der Waals surface area contributed by atoms with Gasteiger partial charge in [0.1, 0.15) is 23.2 Å². The van der Waals surface area contributed by atoms with Crippen molar-refractivity contribution in [3.63, 3.8) is 0 Å². The van der Waals surface area contributed by atoms with Gasteiger partial charge in [0.2, 0.25) is 0 Å². The fraction of sp³-hybridized carbons (Fsp3) is 0.120. The molecule has 5 heteroatoms. The van der Waals surface area contributed by atoms with E-state index >= 15 is 0 Å². The molecule has 0 fully saturated rings. The van der Waals surface area contributed by atoms with E-state index in [0.717, 1.165) is 5.56 Å². The number of hydrogen-bond donors (Lipinski definition) is 1. The molecule has 30 heavy (non-hydrogen) atoms. The number of benzene rings is 3. The minimum Gasteiger partial charge on any atom is -0.494 e. The van der Waals surface area contributed by atoms with Gasteiger partial charge in [-0.2, -0.15) is 5.26 Å². The van der Waals surface area contributed by atoms with E-state index in [4.69, 9.17) is 4.74 Å². The predicted molar refractivity (Wildman–Crippen MR) is 115 cm³/mol. The van der Waals surface area contributed by atoms with E-state index in [-0.39, 0.29) is 11.4 Å². The van der Waals surface area contributed by atoms with E-state index in [1.807, 2.05) is 25.1 Å². The maximum atomic E-state index is 14.0. The quantitative estimate of drug-likeness (QED) is 0.429. The number of nitrogens with one attached hydrogen (secondary N) is 1. The van der Waals surface area contributed by atoms with Gasteiger partial charge in [-0.3, -0.25) is 4.79 Å². The fourth-order valence-electron chi connectivity index (χ4n) is 2.98. The maximum Gasteiger partial charge on any atom is 0.266 e. The topological polar surface area (TPSA) is 62.1 Å². The zero-order chi connectivity index (χ0) is 21.3. The molecule has 1 N–H and O–H groups in total. The molecule has 0 aliphatic heterocycles. The molecule has 0 aliphatic carbocycles. The summed E-state index contributed by atoms with van der Waals surface area (Å²) in [7, 11) is 0. The van der Waals surface area contributed by atoms with Crippen molar-refractivity contribution < 1.29 is 13.9 Å². The maximum absolute atomic E-state index is 14.0. The Balaban J connectivity index is 1.86. The van der Waals surface area contributed by atoms with Gasteiger partial charge >= 0.3 is 0 Å². The van der Waals surface area contributed by atoms with Crippen molar-refractivity contribution in [2.75, 3.05) is 11.9 Å². The molecule has 0 aliphatic rings. The number of carbonyl (C=O) groups is 1. The Labute approximate surface area is 175 Å². The summed E-state index contributed by atoms with van der Waals surface area (Å²) in [6, 6.07) is 22.9. The second-order valence-electron chi connectivity index (χ2n) is 6.56. The highest BCUT2D eigenvalue weighted by Crippen LogP contribution is 2.26. The van der Waals surface area contributed by atoms with E-state index in [1.165, 1.54) is 12.1 Å². The molecule has 150 valence electrons. The van der Waals surface area contributed by atoms with Crippen molar-refractivity contribution in [2.24, 2.45) is 0 Å². The second-order valence-corrected chi connectivity index (χ2v) is 6.56. The molecule has 0 unspecified atom stereocenters. The van der Waals surface area contributed by atoms with Crippen LogP contribution in [0.25, 0.3) is 6.08 Å². The number of hydrogen-bond acceptors (Lipinski definition) is 3. The molecule has 0 saturated carbocycles. The van der Waals surface area contributed by atoms with Crippen LogP contribution in [0.4, 0.5) is 10.1 Å². The number of ether oxygens (including phenoxy) is 1. The zero-order valence-corrected chi connectivity index (χ0v) is 16.6. The molecule has 4 nitrogen and oxygen atoms in total. The van der Waals surface area contributed by atoms with E-state index in [2.05, 4.69) is 5.32 Å². The van der Waals surface area contributed by atoms with Gasteiger partial charge in [-0.05, 0) is 54.0 Å². The summed E-state index contributed by atoms with van der Waals surface area (Å²) >= 11 is 0. The SMILES string of the molecule is CCOc1cc(/C=C(\C#N)C(=O)Nc2ccccc2)ccc1Cc1ccccc1F. The van der Waals surface area contributed by atoms with Crippen LogP contribution in [0.15, 0.2) is 78.4 Å². The van der Waals surface area contributed by atoms with Crippen molar-refractivity contribution >= 4 is 17.7 Å². The van der Waals surface area contributed by atoms with E-state index in [9.17, 15) is 14.4 Å². The average Bonchev–Trinajstić information content (AvgIpc) is 2.76. The molecule has 1 amide bonds. The van der Waals surface area contributed by atoms with Gasteiger partial charge in [0.05, 0.1) is 6.61 Å². The monoisotopic (exact) mass is 400 g/mol. The molecule has 0 heterocycles. The van der Waals surface area contributed by atoms with Crippen LogP contribution in [0.5, 0.6) is 5.75 Å². The third-order valence-corrected chi connectivity index (χ3v) is 4.44. The number of nitrogens with zero attached hydrogens (tertiary/aromatic N) is 1. The number of rotatable bonds is 7. The fourth-order valence-corrected chi connectivity index (χ4v) is 2.98. The first-order valence-electron chi connectivity index (χ1n) is 9.58. The van der Waals surface area contributed by atoms with Crippen molar-refractivity contribution in [1.29, 1.82) is 5.26 Å². The third kappa shape index (κ3) is 5.33. The van der Waals surface area contributed by atoms with Crippen LogP contribution in [-0.2, 0) is 11.2 Å². The average molecular weight is 400 g/mol. The number of halogens is 1. The Bertz CT molecular complexity index is 1100. The smallest absolute Gasteiger partial charge is 0.266 e. The van der Waals surface area contributed by atoms with E-state index in [1.54, 1.807) is 54.6 Å². The lowest BCUT2D eigenvalue weighted by Crippen LogP contribution is -2.13. The second kappa shape index (κ2) is 10.0. The highest BCUT2D eigenvalue weighted by atomic mass is 19.1. The first-order chi connectivity index (χ1) is 14.6. The molecular formula is C25H21FN2O2. The lowest BCUT2D eigenvalue weighted by atomic mass is 10.0. The normalized spacial score (nSPS) is 10.9. The van der Waals surface area contributed by atoms with E-state index in [0.29, 0.717) is 35.6 Å². The summed E-state index contributed by atoms with van der Waals surface area (Å²) < 4.78 is 19.8. The summed E-state index contributed by atoms with van der Waals surface area (Å²) in [6.45, 7) is 2.31. The number of amides is 1. The molecule has 3 rings (SSSR count). The molecule has 3 aromatic carbocycles. The minimum atomic E-state index is -0.489. The zero-order valence-electron chi connectivity index (χ0n) is 16.6. The van der Waals surface area contributed by atoms with Crippen LogP contribution in [0.2, 0.25) is 0 Å². The molecule has 0 spiro atoms. The van der Waals surface area contributed by atoms with Crippen LogP contribution in [0.1, 0.15) is 23.6 Å². The molecule has 0 bridgehead atoms. The summed E-state index contributed by atoms with van der Waals surface area (Å²) in [5, 5.41) is 12.1. The summed E-state index contributed by atoms with van der Waals surface area (Å²) in [5.41, 5.74) is 2.63. The Morgan fingerprint density at radius 2 is 1.80 bits per heavy atom. The van der Waals surface area contributed by atoms with E-state index < -0.39 is 5.91 Å². The predicted octanol–water partition coefficient (Wildman–Crippen LogP) is 5.36. The van der Waals surface area contributed by atoms with Crippen LogP contribution < -0.4 is 10.1 Å². The van der Waals surface area contributed by atoms with Crippen molar-refractivity contribution in [1.82, 2.24) is 0 Å². The summed E-state index contributed by atoms with van der Waals surface area (Å²) in [6.07, 6.45) is 1.89. The van der Waals surface area contributed by atoms with Gasteiger partial charge in [0.15, 0.2) is 0 Å². The van der Waals surface area contributed by atoms with Crippen molar-refractivity contribution in [3.05, 3.63) is 101 Å². The molecule has 0 saturated heterocycles. The van der Waals surface area contributed by atoms with Crippen molar-refractivity contribution in [3.8, 4) is 11.8 Å². The van der Waals surface area contributed by atoms with Gasteiger partial charge in [-0.25, -0.2) is 4.39 Å². The Morgan fingerprint density at radius 3 is 2.50 bits per heavy atom. The van der Waals surface area contributed by atoms with Crippen LogP contribution in [0, 0.1) is 17.1 Å². The Hall–Kier alpha value is -3.91. The van der Waals surface area contributed by atoms with Gasteiger partial charge in [0.25, 0.3) is 5.91 Å². The highest BCUT2D eigenvalue weighted by molar-refractivity contribution is 6.09. The lowest BCUT2D eigenvalue weighted by molar-refractivity contribution is -0.112. The van der Waals surface area contributed by atoms with Crippen LogP contribution in [0.3, 0.4) is 0 Å². The molecule has 0 atom stereocenters. The minimum absolute atomic E-state index is 0.0249. The number of carbonyl (C=O) groups excluding carboxylic acids is 1. The number of para-hydroxylation sites is 1. The number of anilines is 1. The molecule has 0 radical (unpaired) electrons.